The normalized spacial score (nSPS) is 11.4. The Balaban J connectivity index is 2.31. The maximum Gasteiger partial charge on any atom is 0.433 e. The second-order valence-corrected chi connectivity index (χ2v) is 3.77. The molecule has 0 fully saturated rings. The second-order valence-electron chi connectivity index (χ2n) is 3.77. The highest BCUT2D eigenvalue weighted by atomic mass is 19.4. The molecule has 2 aromatic rings. The Morgan fingerprint density at radius 2 is 2.15 bits per heavy atom. The number of hydrogen-bond donors (Lipinski definition) is 0. The lowest BCUT2D eigenvalue weighted by Crippen LogP contribution is -2.10. The predicted molar refractivity (Wildman–Crippen MR) is 62.3 cm³/mol. The van der Waals surface area contributed by atoms with Crippen molar-refractivity contribution in [3.05, 3.63) is 41.9 Å². The molecular weight excluding hydrogens is 275 g/mol. The van der Waals surface area contributed by atoms with Crippen LogP contribution in [0.2, 0.25) is 0 Å². The number of rotatable bonds is 3. The monoisotopic (exact) mass is 285 g/mol. The predicted octanol–water partition coefficient (Wildman–Crippen LogP) is 2.46. The van der Waals surface area contributed by atoms with Gasteiger partial charge in [0.15, 0.2) is 5.82 Å². The molecule has 2 aromatic heterocycles. The molecule has 20 heavy (non-hydrogen) atoms. The Hall–Kier alpha value is -2.38. The molecule has 0 atom stereocenters. The van der Waals surface area contributed by atoms with Gasteiger partial charge in [0, 0.05) is 6.20 Å². The minimum absolute atomic E-state index is 0.0321. The highest BCUT2D eigenvalue weighted by Crippen LogP contribution is 2.27. The molecule has 0 aromatic carbocycles. The van der Waals surface area contributed by atoms with Crippen molar-refractivity contribution >= 4 is 5.97 Å². The van der Waals surface area contributed by atoms with Gasteiger partial charge < -0.3 is 4.74 Å². The van der Waals surface area contributed by atoms with Crippen LogP contribution < -0.4 is 0 Å². The molecule has 0 N–H and O–H groups in total. The van der Waals surface area contributed by atoms with Crippen LogP contribution in [0, 0.1) is 0 Å². The van der Waals surface area contributed by atoms with E-state index in [0.29, 0.717) is 0 Å². The first kappa shape index (κ1) is 14.0. The first-order chi connectivity index (χ1) is 9.41. The molecule has 2 rings (SSSR count). The Labute approximate surface area is 112 Å². The first-order valence-electron chi connectivity index (χ1n) is 5.68. The molecule has 5 nitrogen and oxygen atoms in total. The molecule has 0 saturated carbocycles. The summed E-state index contributed by atoms with van der Waals surface area (Å²) in [6.07, 6.45) is -2.06. The van der Waals surface area contributed by atoms with Crippen molar-refractivity contribution in [1.82, 2.24) is 14.8 Å². The van der Waals surface area contributed by atoms with Gasteiger partial charge in [-0.1, -0.05) is 6.07 Å². The Bertz CT molecular complexity index is 622. The van der Waals surface area contributed by atoms with E-state index in [1.54, 1.807) is 6.92 Å². The minimum Gasteiger partial charge on any atom is -0.462 e. The lowest BCUT2D eigenvalue weighted by Gasteiger charge is -2.07. The van der Waals surface area contributed by atoms with Crippen LogP contribution in [-0.4, -0.2) is 27.3 Å². The zero-order chi connectivity index (χ0) is 14.8. The van der Waals surface area contributed by atoms with Gasteiger partial charge in [-0.25, -0.2) is 14.5 Å². The fourth-order valence-electron chi connectivity index (χ4n) is 1.48. The fraction of sp³-hybridized carbons (Fsp3) is 0.250. The molecule has 2 heterocycles. The quantitative estimate of drug-likeness (QED) is 0.813. The van der Waals surface area contributed by atoms with Gasteiger partial charge in [-0.3, -0.25) is 0 Å². The van der Waals surface area contributed by atoms with E-state index in [0.717, 1.165) is 10.7 Å². The summed E-state index contributed by atoms with van der Waals surface area (Å²) in [5.74, 6) is -0.624. The van der Waals surface area contributed by atoms with Crippen LogP contribution in [0.4, 0.5) is 13.2 Å². The highest BCUT2D eigenvalue weighted by Gasteiger charge is 2.32. The third-order valence-corrected chi connectivity index (χ3v) is 2.35. The largest absolute Gasteiger partial charge is 0.462 e. The van der Waals surface area contributed by atoms with Crippen molar-refractivity contribution in [3.8, 4) is 5.82 Å². The van der Waals surface area contributed by atoms with Gasteiger partial charge in [-0.2, -0.15) is 18.3 Å². The van der Waals surface area contributed by atoms with Crippen molar-refractivity contribution < 1.29 is 22.7 Å². The number of alkyl halides is 3. The molecule has 0 unspecified atom stereocenters. The fourth-order valence-corrected chi connectivity index (χ4v) is 1.48. The molecule has 0 aliphatic carbocycles. The average Bonchev–Trinajstić information content (AvgIpc) is 2.88. The number of carbonyl (C=O) groups is 1. The van der Waals surface area contributed by atoms with Crippen LogP contribution in [-0.2, 0) is 10.9 Å². The Morgan fingerprint density at radius 3 is 2.80 bits per heavy atom. The lowest BCUT2D eigenvalue weighted by atomic mass is 10.3. The SMILES string of the molecule is CCOC(=O)c1cnn(-c2cccc(C(F)(F)F)n2)c1. The van der Waals surface area contributed by atoms with Crippen LogP contribution in [0.15, 0.2) is 30.6 Å². The number of ether oxygens (including phenoxy) is 1. The molecule has 0 spiro atoms. The third-order valence-electron chi connectivity index (χ3n) is 2.35. The van der Waals surface area contributed by atoms with Crippen LogP contribution in [0.5, 0.6) is 0 Å². The third kappa shape index (κ3) is 2.95. The molecule has 106 valence electrons. The highest BCUT2D eigenvalue weighted by molar-refractivity contribution is 5.88. The van der Waals surface area contributed by atoms with Crippen LogP contribution >= 0.6 is 0 Å². The number of carbonyl (C=O) groups excluding carboxylic acids is 1. The van der Waals surface area contributed by atoms with Gasteiger partial charge >= 0.3 is 12.1 Å². The van der Waals surface area contributed by atoms with Crippen LogP contribution in [0.25, 0.3) is 5.82 Å². The van der Waals surface area contributed by atoms with Crippen molar-refractivity contribution in [1.29, 1.82) is 0 Å². The maximum atomic E-state index is 12.6. The molecule has 8 heteroatoms. The smallest absolute Gasteiger partial charge is 0.433 e. The zero-order valence-electron chi connectivity index (χ0n) is 10.4. The van der Waals surface area contributed by atoms with Gasteiger partial charge in [0.2, 0.25) is 0 Å². The van der Waals surface area contributed by atoms with Crippen molar-refractivity contribution in [2.75, 3.05) is 6.61 Å². The zero-order valence-corrected chi connectivity index (χ0v) is 10.4. The van der Waals surface area contributed by atoms with Crippen molar-refractivity contribution in [2.24, 2.45) is 0 Å². The van der Waals surface area contributed by atoms with Crippen molar-refractivity contribution in [2.45, 2.75) is 13.1 Å². The summed E-state index contributed by atoms with van der Waals surface area (Å²) in [5, 5.41) is 3.80. The summed E-state index contributed by atoms with van der Waals surface area (Å²) in [4.78, 5) is 14.9. The molecule has 0 aliphatic rings. The topological polar surface area (TPSA) is 57.0 Å². The van der Waals surface area contributed by atoms with Crippen LogP contribution in [0.1, 0.15) is 23.0 Å². The summed E-state index contributed by atoms with van der Waals surface area (Å²) in [7, 11) is 0. The first-order valence-corrected chi connectivity index (χ1v) is 5.68. The number of halogens is 3. The van der Waals surface area contributed by atoms with E-state index >= 15 is 0 Å². The van der Waals surface area contributed by atoms with Crippen molar-refractivity contribution in [3.63, 3.8) is 0 Å². The van der Waals surface area contributed by atoms with E-state index in [-0.39, 0.29) is 18.0 Å². The summed E-state index contributed by atoms with van der Waals surface area (Å²) in [6.45, 7) is 1.85. The lowest BCUT2D eigenvalue weighted by molar-refractivity contribution is -0.141. The number of aromatic nitrogens is 3. The number of esters is 1. The van der Waals surface area contributed by atoms with E-state index in [4.69, 9.17) is 4.74 Å². The summed E-state index contributed by atoms with van der Waals surface area (Å²) >= 11 is 0. The molecule has 0 amide bonds. The summed E-state index contributed by atoms with van der Waals surface area (Å²) in [6, 6.07) is 3.44. The number of nitrogens with zero attached hydrogens (tertiary/aromatic N) is 3. The molecular formula is C12H10F3N3O2. The molecule has 0 saturated heterocycles. The Kier molecular flexibility index (Phi) is 3.73. The van der Waals surface area contributed by atoms with Gasteiger partial charge in [0.25, 0.3) is 0 Å². The molecule has 0 bridgehead atoms. The second kappa shape index (κ2) is 5.32. The van der Waals surface area contributed by atoms with Crippen LogP contribution in [0.3, 0.4) is 0 Å². The van der Waals surface area contributed by atoms with Gasteiger partial charge in [-0.05, 0) is 19.1 Å². The van der Waals surface area contributed by atoms with E-state index in [1.165, 1.54) is 24.5 Å². The summed E-state index contributed by atoms with van der Waals surface area (Å²) in [5.41, 5.74) is -0.880. The maximum absolute atomic E-state index is 12.6. The van der Waals surface area contributed by atoms with Gasteiger partial charge in [0.1, 0.15) is 5.69 Å². The van der Waals surface area contributed by atoms with E-state index in [9.17, 15) is 18.0 Å². The summed E-state index contributed by atoms with van der Waals surface area (Å²) < 4.78 is 43.5. The van der Waals surface area contributed by atoms with Gasteiger partial charge in [0.05, 0.1) is 18.4 Å². The standard InChI is InChI=1S/C12H10F3N3O2/c1-2-20-11(19)8-6-16-18(7-8)10-5-3-4-9(17-10)12(13,14)15/h3-7H,2H2,1H3. The van der Waals surface area contributed by atoms with E-state index in [2.05, 4.69) is 10.1 Å². The minimum atomic E-state index is -4.53. The van der Waals surface area contributed by atoms with Gasteiger partial charge in [-0.15, -0.1) is 0 Å². The molecule has 0 aliphatic heterocycles. The Morgan fingerprint density at radius 1 is 1.40 bits per heavy atom. The number of hydrogen-bond acceptors (Lipinski definition) is 4. The number of pyridine rings is 1. The average molecular weight is 285 g/mol. The van der Waals surface area contributed by atoms with E-state index < -0.39 is 17.8 Å². The molecule has 0 radical (unpaired) electrons. The van der Waals surface area contributed by atoms with E-state index in [1.807, 2.05) is 0 Å².